The molecular weight excluding hydrogens is 372 g/mol. The van der Waals surface area contributed by atoms with Crippen molar-refractivity contribution in [3.63, 3.8) is 0 Å². The van der Waals surface area contributed by atoms with Gasteiger partial charge in [-0.1, -0.05) is 39.8 Å². The van der Waals surface area contributed by atoms with E-state index >= 15 is 0 Å². The zero-order valence-corrected chi connectivity index (χ0v) is 20.5. The fourth-order valence-electron chi connectivity index (χ4n) is 2.81. The summed E-state index contributed by atoms with van der Waals surface area (Å²) in [5, 5.41) is 0. The third kappa shape index (κ3) is 9.39. The molecule has 0 aliphatic rings. The molecule has 1 aromatic carbocycles. The van der Waals surface area contributed by atoms with E-state index in [0.29, 0.717) is 19.8 Å². The Morgan fingerprint density at radius 2 is 1.37 bits per heavy atom. The summed E-state index contributed by atoms with van der Waals surface area (Å²) in [6, 6.07) is 9.26. The van der Waals surface area contributed by atoms with E-state index in [9.17, 15) is 0 Å². The SMILES string of the molecule is CCCO[Si](CC(C)c1cccc(O[Si](C)(C)C)c1)(OCCC)OCCC. The summed E-state index contributed by atoms with van der Waals surface area (Å²) < 4.78 is 24.9. The van der Waals surface area contributed by atoms with Crippen LogP contribution in [-0.2, 0) is 13.3 Å². The Bertz CT molecular complexity index is 509. The Morgan fingerprint density at radius 1 is 0.852 bits per heavy atom. The first-order valence-electron chi connectivity index (χ1n) is 10.5. The fraction of sp³-hybridized carbons (Fsp3) is 0.714. The molecule has 0 amide bonds. The van der Waals surface area contributed by atoms with Gasteiger partial charge in [-0.2, -0.15) is 0 Å². The predicted molar refractivity (Wildman–Crippen MR) is 118 cm³/mol. The average molecular weight is 413 g/mol. The van der Waals surface area contributed by atoms with Crippen LogP contribution in [0.5, 0.6) is 5.75 Å². The van der Waals surface area contributed by atoms with Crippen LogP contribution in [0.3, 0.4) is 0 Å². The van der Waals surface area contributed by atoms with E-state index in [1.165, 1.54) is 5.56 Å². The second-order valence-electron chi connectivity index (χ2n) is 8.12. The van der Waals surface area contributed by atoms with Crippen LogP contribution in [0.4, 0.5) is 0 Å². The summed E-state index contributed by atoms with van der Waals surface area (Å²) in [6.45, 7) is 17.3. The third-order valence-electron chi connectivity index (χ3n) is 3.99. The molecule has 0 radical (unpaired) electrons. The summed E-state index contributed by atoms with van der Waals surface area (Å²) in [5.41, 5.74) is 1.25. The molecule has 6 heteroatoms. The number of hydrogen-bond acceptors (Lipinski definition) is 4. The molecule has 1 rings (SSSR count). The lowest BCUT2D eigenvalue weighted by atomic mass is 10.0. The Labute approximate surface area is 169 Å². The molecule has 0 heterocycles. The maximum absolute atomic E-state index is 6.26. The lowest BCUT2D eigenvalue weighted by molar-refractivity contribution is 0.0579. The Morgan fingerprint density at radius 3 is 1.81 bits per heavy atom. The van der Waals surface area contributed by atoms with Crippen LogP contribution in [0.25, 0.3) is 0 Å². The second kappa shape index (κ2) is 12.0. The largest absolute Gasteiger partial charge is 0.544 e. The Kier molecular flexibility index (Phi) is 10.8. The molecule has 0 saturated heterocycles. The molecule has 4 nitrogen and oxygen atoms in total. The van der Waals surface area contributed by atoms with Gasteiger partial charge in [0.05, 0.1) is 0 Å². The molecule has 0 saturated carbocycles. The zero-order valence-electron chi connectivity index (χ0n) is 18.5. The van der Waals surface area contributed by atoms with Gasteiger partial charge in [-0.05, 0) is 62.5 Å². The molecule has 27 heavy (non-hydrogen) atoms. The quantitative estimate of drug-likeness (QED) is 0.340. The highest BCUT2D eigenvalue weighted by atomic mass is 28.4. The number of rotatable bonds is 14. The Hall–Kier alpha value is -0.666. The average Bonchev–Trinajstić information content (AvgIpc) is 2.61. The maximum Gasteiger partial charge on any atom is 0.501 e. The molecule has 0 spiro atoms. The van der Waals surface area contributed by atoms with Crippen LogP contribution in [0.1, 0.15) is 58.4 Å². The summed E-state index contributed by atoms with van der Waals surface area (Å²) in [6.07, 6.45) is 2.90. The monoisotopic (exact) mass is 412 g/mol. The van der Waals surface area contributed by atoms with Gasteiger partial charge in [0.1, 0.15) is 5.75 Å². The lowest BCUT2D eigenvalue weighted by Crippen LogP contribution is -2.47. The van der Waals surface area contributed by atoms with Crippen molar-refractivity contribution in [2.75, 3.05) is 19.8 Å². The zero-order chi connectivity index (χ0) is 20.3. The van der Waals surface area contributed by atoms with Crippen molar-refractivity contribution in [1.82, 2.24) is 0 Å². The van der Waals surface area contributed by atoms with Crippen molar-refractivity contribution in [3.05, 3.63) is 29.8 Å². The summed E-state index contributed by atoms with van der Waals surface area (Å²) in [4.78, 5) is 0. The topological polar surface area (TPSA) is 36.9 Å². The van der Waals surface area contributed by atoms with E-state index in [0.717, 1.165) is 31.1 Å². The lowest BCUT2D eigenvalue weighted by Gasteiger charge is -2.32. The van der Waals surface area contributed by atoms with Crippen LogP contribution in [0, 0.1) is 0 Å². The van der Waals surface area contributed by atoms with Gasteiger partial charge in [0, 0.05) is 25.9 Å². The van der Waals surface area contributed by atoms with Crippen molar-refractivity contribution < 1.29 is 17.7 Å². The van der Waals surface area contributed by atoms with Crippen LogP contribution in [0.2, 0.25) is 25.7 Å². The first-order chi connectivity index (χ1) is 12.7. The van der Waals surface area contributed by atoms with Gasteiger partial charge in [0.15, 0.2) is 0 Å². The highest BCUT2D eigenvalue weighted by molar-refractivity contribution is 6.70. The van der Waals surface area contributed by atoms with E-state index in [1.54, 1.807) is 0 Å². The van der Waals surface area contributed by atoms with Crippen LogP contribution in [-0.4, -0.2) is 36.9 Å². The first-order valence-corrected chi connectivity index (χ1v) is 15.8. The molecule has 0 bridgehead atoms. The molecular formula is C21H40O4Si2. The van der Waals surface area contributed by atoms with Gasteiger partial charge in [-0.25, -0.2) is 0 Å². The van der Waals surface area contributed by atoms with E-state index in [1.807, 2.05) is 6.07 Å². The fourth-order valence-corrected chi connectivity index (χ4v) is 6.77. The minimum Gasteiger partial charge on any atom is -0.544 e. The standard InChI is InChI=1S/C21H40O4Si2/c1-8-14-22-27(23-15-9-2,24-16-10-3)18-19(4)20-12-11-13-21(17-20)25-26(5,6)7/h11-13,17,19H,8-10,14-16,18H2,1-7H3. The smallest absolute Gasteiger partial charge is 0.501 e. The van der Waals surface area contributed by atoms with E-state index in [4.69, 9.17) is 17.7 Å². The van der Waals surface area contributed by atoms with Crippen LogP contribution >= 0.6 is 0 Å². The van der Waals surface area contributed by atoms with E-state index < -0.39 is 17.1 Å². The minimum atomic E-state index is -2.70. The van der Waals surface area contributed by atoms with Crippen molar-refractivity contribution in [2.45, 2.75) is 78.6 Å². The summed E-state index contributed by atoms with van der Waals surface area (Å²) in [7, 11) is -4.32. The highest BCUT2D eigenvalue weighted by Gasteiger charge is 2.42. The van der Waals surface area contributed by atoms with Gasteiger partial charge < -0.3 is 17.7 Å². The van der Waals surface area contributed by atoms with E-state index in [2.05, 4.69) is 65.5 Å². The Balaban J connectivity index is 2.98. The molecule has 1 atom stereocenters. The molecule has 0 aliphatic carbocycles. The van der Waals surface area contributed by atoms with Crippen molar-refractivity contribution in [3.8, 4) is 5.75 Å². The molecule has 0 aliphatic heterocycles. The molecule has 1 aromatic rings. The van der Waals surface area contributed by atoms with E-state index in [-0.39, 0.29) is 5.92 Å². The molecule has 0 aromatic heterocycles. The van der Waals surface area contributed by atoms with Gasteiger partial charge in [0.25, 0.3) is 0 Å². The van der Waals surface area contributed by atoms with Gasteiger partial charge >= 0.3 is 8.80 Å². The predicted octanol–water partition coefficient (Wildman–Crippen LogP) is 6.22. The summed E-state index contributed by atoms with van der Waals surface area (Å²) in [5.74, 6) is 1.25. The van der Waals surface area contributed by atoms with Gasteiger partial charge in [-0.3, -0.25) is 0 Å². The molecule has 0 N–H and O–H groups in total. The molecule has 156 valence electrons. The van der Waals surface area contributed by atoms with Gasteiger partial charge in [-0.15, -0.1) is 0 Å². The van der Waals surface area contributed by atoms with Crippen molar-refractivity contribution in [2.24, 2.45) is 0 Å². The van der Waals surface area contributed by atoms with Crippen molar-refractivity contribution in [1.29, 1.82) is 0 Å². The summed E-state index contributed by atoms with van der Waals surface area (Å²) >= 11 is 0. The van der Waals surface area contributed by atoms with Crippen LogP contribution < -0.4 is 4.43 Å². The normalized spacial score (nSPS) is 13.6. The number of hydrogen-bond donors (Lipinski definition) is 0. The first kappa shape index (κ1) is 24.4. The highest BCUT2D eigenvalue weighted by Crippen LogP contribution is 2.31. The van der Waals surface area contributed by atoms with Crippen LogP contribution in [0.15, 0.2) is 24.3 Å². The minimum absolute atomic E-state index is 0.285. The maximum atomic E-state index is 6.26. The third-order valence-corrected chi connectivity index (χ3v) is 7.88. The number of benzene rings is 1. The van der Waals surface area contributed by atoms with Gasteiger partial charge in [0.2, 0.25) is 8.32 Å². The second-order valence-corrected chi connectivity index (χ2v) is 15.2. The molecule has 1 unspecified atom stereocenters. The van der Waals surface area contributed by atoms with Crippen molar-refractivity contribution >= 4 is 17.1 Å². The molecule has 0 fully saturated rings.